The number of hydrogen-bond acceptors (Lipinski definition) is 3. The molecule has 0 aromatic heterocycles. The van der Waals surface area contributed by atoms with Crippen LogP contribution in [0.4, 0.5) is 10.5 Å². The van der Waals surface area contributed by atoms with E-state index in [-0.39, 0.29) is 12.1 Å². The minimum Gasteiger partial charge on any atom is -0.495 e. The molecule has 0 aliphatic carbocycles. The Kier molecular flexibility index (Phi) is 3.40. The third-order valence-electron chi connectivity index (χ3n) is 2.71. The maximum atomic E-state index is 11.7. The molecule has 0 radical (unpaired) electrons. The summed E-state index contributed by atoms with van der Waals surface area (Å²) in [5.41, 5.74) is 6.26. The van der Waals surface area contributed by atoms with Crippen molar-refractivity contribution in [2.45, 2.75) is 6.04 Å². The van der Waals surface area contributed by atoms with Crippen molar-refractivity contribution in [2.75, 3.05) is 25.1 Å². The van der Waals surface area contributed by atoms with E-state index in [1.54, 1.807) is 30.2 Å². The molecule has 1 atom stereocenters. The minimum absolute atomic E-state index is 0.0108. The van der Waals surface area contributed by atoms with Crippen molar-refractivity contribution in [3.05, 3.63) is 23.2 Å². The van der Waals surface area contributed by atoms with Crippen LogP contribution >= 0.6 is 11.6 Å². The molecule has 1 heterocycles. The van der Waals surface area contributed by atoms with Crippen LogP contribution in [-0.4, -0.2) is 32.3 Å². The monoisotopic (exact) mass is 255 g/mol. The summed E-state index contributed by atoms with van der Waals surface area (Å²) >= 11 is 6.02. The lowest BCUT2D eigenvalue weighted by Gasteiger charge is -2.15. The van der Waals surface area contributed by atoms with Gasteiger partial charge in [0.1, 0.15) is 5.75 Å². The zero-order valence-corrected chi connectivity index (χ0v) is 10.2. The Balaban J connectivity index is 2.23. The normalized spacial score (nSPS) is 19.4. The Morgan fingerprint density at radius 1 is 1.65 bits per heavy atom. The number of carbonyl (C=O) groups is 1. The van der Waals surface area contributed by atoms with Crippen molar-refractivity contribution in [1.29, 1.82) is 0 Å². The first-order chi connectivity index (χ1) is 8.15. The summed E-state index contributed by atoms with van der Waals surface area (Å²) in [5.74, 6) is 0.588. The van der Waals surface area contributed by atoms with E-state index in [1.165, 1.54) is 0 Å². The molecule has 1 fully saturated rings. The third-order valence-corrected chi connectivity index (χ3v) is 3.00. The highest BCUT2D eigenvalue weighted by molar-refractivity contribution is 6.32. The van der Waals surface area contributed by atoms with Crippen LogP contribution in [0.5, 0.6) is 5.75 Å². The molecule has 0 saturated carbocycles. The van der Waals surface area contributed by atoms with E-state index in [0.29, 0.717) is 23.9 Å². The summed E-state index contributed by atoms with van der Waals surface area (Å²) in [7, 11) is 1.55. The number of methoxy groups -OCH3 is 1. The number of halogens is 1. The van der Waals surface area contributed by atoms with Crippen LogP contribution in [0.2, 0.25) is 5.02 Å². The van der Waals surface area contributed by atoms with Gasteiger partial charge in [0.25, 0.3) is 0 Å². The number of nitrogens with one attached hydrogen (secondary N) is 1. The van der Waals surface area contributed by atoms with Crippen LogP contribution in [0.25, 0.3) is 0 Å². The predicted octanol–water partition coefficient (Wildman–Crippen LogP) is 1.21. The molecule has 2 rings (SSSR count). The van der Waals surface area contributed by atoms with Crippen LogP contribution in [0, 0.1) is 0 Å². The number of nitrogens with zero attached hydrogens (tertiary/aromatic N) is 1. The average Bonchev–Trinajstić information content (AvgIpc) is 2.70. The highest BCUT2D eigenvalue weighted by Crippen LogP contribution is 2.30. The van der Waals surface area contributed by atoms with E-state index in [0.717, 1.165) is 5.69 Å². The number of urea groups is 1. The van der Waals surface area contributed by atoms with Crippen molar-refractivity contribution in [3.63, 3.8) is 0 Å². The Hall–Kier alpha value is -1.46. The van der Waals surface area contributed by atoms with Gasteiger partial charge in [0.15, 0.2) is 0 Å². The van der Waals surface area contributed by atoms with Gasteiger partial charge in [-0.1, -0.05) is 11.6 Å². The summed E-state index contributed by atoms with van der Waals surface area (Å²) < 4.78 is 5.06. The second-order valence-corrected chi connectivity index (χ2v) is 4.22. The standard InChI is InChI=1S/C11H14ClN3O2/c1-17-10-3-2-8(4-9(10)12)15-6-7(5-13)14-11(15)16/h2-4,7H,5-6,13H2,1H3,(H,14,16). The molecule has 5 nitrogen and oxygen atoms in total. The molecule has 0 bridgehead atoms. The van der Waals surface area contributed by atoms with Crippen molar-refractivity contribution < 1.29 is 9.53 Å². The van der Waals surface area contributed by atoms with Gasteiger partial charge in [0.2, 0.25) is 0 Å². The molecule has 0 spiro atoms. The highest BCUT2D eigenvalue weighted by atomic mass is 35.5. The van der Waals surface area contributed by atoms with Gasteiger partial charge in [-0.2, -0.15) is 0 Å². The smallest absolute Gasteiger partial charge is 0.322 e. The van der Waals surface area contributed by atoms with E-state index in [9.17, 15) is 4.79 Å². The number of rotatable bonds is 3. The van der Waals surface area contributed by atoms with Gasteiger partial charge in [0.05, 0.1) is 18.2 Å². The quantitative estimate of drug-likeness (QED) is 0.853. The van der Waals surface area contributed by atoms with Crippen molar-refractivity contribution >= 4 is 23.3 Å². The molecule has 1 unspecified atom stereocenters. The molecule has 1 saturated heterocycles. The van der Waals surface area contributed by atoms with Gasteiger partial charge >= 0.3 is 6.03 Å². The topological polar surface area (TPSA) is 67.6 Å². The number of anilines is 1. The van der Waals surface area contributed by atoms with Crippen LogP contribution < -0.4 is 20.7 Å². The number of benzene rings is 1. The van der Waals surface area contributed by atoms with E-state index in [1.807, 2.05) is 0 Å². The lowest BCUT2D eigenvalue weighted by atomic mass is 10.2. The summed E-state index contributed by atoms with van der Waals surface area (Å²) in [5, 5.41) is 3.27. The summed E-state index contributed by atoms with van der Waals surface area (Å²) in [6.07, 6.45) is 0. The van der Waals surface area contributed by atoms with Gasteiger partial charge in [-0.3, -0.25) is 4.90 Å². The summed E-state index contributed by atoms with van der Waals surface area (Å²) in [6, 6.07) is 5.08. The Bertz CT molecular complexity index is 439. The fourth-order valence-electron chi connectivity index (χ4n) is 1.78. The average molecular weight is 256 g/mol. The van der Waals surface area contributed by atoms with Crippen molar-refractivity contribution in [3.8, 4) is 5.75 Å². The Morgan fingerprint density at radius 2 is 2.41 bits per heavy atom. The summed E-state index contributed by atoms with van der Waals surface area (Å²) in [6.45, 7) is 0.976. The lowest BCUT2D eigenvalue weighted by molar-refractivity contribution is 0.251. The number of hydrogen-bond donors (Lipinski definition) is 2. The number of amides is 2. The lowest BCUT2D eigenvalue weighted by Crippen LogP contribution is -2.33. The highest BCUT2D eigenvalue weighted by Gasteiger charge is 2.28. The maximum absolute atomic E-state index is 11.7. The second kappa shape index (κ2) is 4.81. The Morgan fingerprint density at radius 3 is 2.94 bits per heavy atom. The molecule has 6 heteroatoms. The first-order valence-electron chi connectivity index (χ1n) is 5.27. The molecular weight excluding hydrogens is 242 g/mol. The second-order valence-electron chi connectivity index (χ2n) is 3.81. The fraction of sp³-hybridized carbons (Fsp3) is 0.364. The van der Waals surface area contributed by atoms with Crippen molar-refractivity contribution in [2.24, 2.45) is 5.73 Å². The van der Waals surface area contributed by atoms with E-state index in [4.69, 9.17) is 22.1 Å². The molecule has 3 N–H and O–H groups in total. The predicted molar refractivity (Wildman–Crippen MR) is 66.7 cm³/mol. The molecule has 1 aliphatic heterocycles. The van der Waals surface area contributed by atoms with Crippen LogP contribution in [-0.2, 0) is 0 Å². The van der Waals surface area contributed by atoms with Gasteiger partial charge in [-0.05, 0) is 18.2 Å². The molecule has 1 aliphatic rings. The number of ether oxygens (including phenoxy) is 1. The SMILES string of the molecule is COc1ccc(N2CC(CN)NC2=O)cc1Cl. The van der Waals surface area contributed by atoms with E-state index >= 15 is 0 Å². The van der Waals surface area contributed by atoms with Gasteiger partial charge in [0, 0.05) is 18.8 Å². The molecule has 2 amide bonds. The summed E-state index contributed by atoms with van der Waals surface area (Å²) in [4.78, 5) is 13.3. The number of nitrogens with two attached hydrogens (primary N) is 1. The molecule has 1 aromatic carbocycles. The molecule has 1 aromatic rings. The Labute approximate surface area is 104 Å². The third kappa shape index (κ3) is 2.30. The zero-order chi connectivity index (χ0) is 12.4. The number of carbonyl (C=O) groups excluding carboxylic acids is 1. The van der Waals surface area contributed by atoms with Crippen LogP contribution in [0.15, 0.2) is 18.2 Å². The van der Waals surface area contributed by atoms with E-state index < -0.39 is 0 Å². The van der Waals surface area contributed by atoms with Gasteiger partial charge in [-0.15, -0.1) is 0 Å². The zero-order valence-electron chi connectivity index (χ0n) is 9.44. The van der Waals surface area contributed by atoms with E-state index in [2.05, 4.69) is 5.32 Å². The minimum atomic E-state index is -0.151. The largest absolute Gasteiger partial charge is 0.495 e. The van der Waals surface area contributed by atoms with Crippen molar-refractivity contribution in [1.82, 2.24) is 5.32 Å². The molecule has 17 heavy (non-hydrogen) atoms. The van der Waals surface area contributed by atoms with Gasteiger partial charge in [-0.25, -0.2) is 4.79 Å². The first-order valence-corrected chi connectivity index (χ1v) is 5.65. The molecular formula is C11H14ClN3O2. The van der Waals surface area contributed by atoms with Crippen LogP contribution in [0.3, 0.4) is 0 Å². The van der Waals surface area contributed by atoms with Crippen LogP contribution in [0.1, 0.15) is 0 Å². The maximum Gasteiger partial charge on any atom is 0.322 e. The van der Waals surface area contributed by atoms with Gasteiger partial charge < -0.3 is 15.8 Å². The molecule has 92 valence electrons. The fourth-order valence-corrected chi connectivity index (χ4v) is 2.03. The first kappa shape index (κ1) is 12.0.